The third-order valence-electron chi connectivity index (χ3n) is 5.34. The van der Waals surface area contributed by atoms with Gasteiger partial charge in [0.25, 0.3) is 5.56 Å². The number of aromatic nitrogens is 2. The van der Waals surface area contributed by atoms with E-state index in [0.29, 0.717) is 12.2 Å². The molecule has 6 nitrogen and oxygen atoms in total. The van der Waals surface area contributed by atoms with E-state index in [1.807, 2.05) is 62.8 Å². The van der Waals surface area contributed by atoms with Crippen molar-refractivity contribution in [2.24, 2.45) is 7.05 Å². The Balaban J connectivity index is 1.72. The van der Waals surface area contributed by atoms with Gasteiger partial charge in [-0.1, -0.05) is 44.2 Å². The number of nitrogens with zero attached hydrogens (tertiary/aromatic N) is 2. The number of hydrogen-bond donors (Lipinski definition) is 1. The number of rotatable bonds is 8. The highest BCUT2D eigenvalue weighted by molar-refractivity contribution is 7.89. The van der Waals surface area contributed by atoms with Gasteiger partial charge in [0.05, 0.1) is 10.6 Å². The lowest BCUT2D eigenvalue weighted by Crippen LogP contribution is -2.25. The zero-order valence-corrected chi connectivity index (χ0v) is 18.7. The molecule has 0 aliphatic heterocycles. The zero-order valence-electron chi connectivity index (χ0n) is 17.9. The maximum absolute atomic E-state index is 12.8. The molecule has 0 aliphatic carbocycles. The molecule has 0 saturated carbocycles. The van der Waals surface area contributed by atoms with Gasteiger partial charge in [0.2, 0.25) is 10.0 Å². The molecule has 0 unspecified atom stereocenters. The van der Waals surface area contributed by atoms with E-state index in [1.54, 1.807) is 28.9 Å². The number of aryl methyl sites for hydroxylation is 1. The third-order valence-corrected chi connectivity index (χ3v) is 6.82. The highest BCUT2D eigenvalue weighted by atomic mass is 32.2. The molecule has 1 heterocycles. The van der Waals surface area contributed by atoms with E-state index in [2.05, 4.69) is 4.72 Å². The minimum absolute atomic E-state index is 0.0698. The lowest BCUT2D eigenvalue weighted by molar-refractivity contribution is 0.579. The fourth-order valence-electron chi connectivity index (χ4n) is 3.68. The van der Waals surface area contributed by atoms with Gasteiger partial charge in [0, 0.05) is 24.8 Å². The minimum atomic E-state index is -3.59. The van der Waals surface area contributed by atoms with Gasteiger partial charge in [-0.3, -0.25) is 9.48 Å². The van der Waals surface area contributed by atoms with Crippen LogP contribution in [0, 0.1) is 6.92 Å². The second kappa shape index (κ2) is 9.02. The molecule has 3 aromatic rings. The molecule has 7 heteroatoms. The molecule has 1 N–H and O–H groups in total. The molecule has 30 heavy (non-hydrogen) atoms. The van der Waals surface area contributed by atoms with Crippen molar-refractivity contribution in [1.29, 1.82) is 0 Å². The first-order valence-corrected chi connectivity index (χ1v) is 11.6. The third kappa shape index (κ3) is 4.57. The maximum Gasteiger partial charge on any atom is 0.275 e. The van der Waals surface area contributed by atoms with Gasteiger partial charge in [-0.25, -0.2) is 17.8 Å². The van der Waals surface area contributed by atoms with Crippen LogP contribution in [0.4, 0.5) is 0 Å². The fraction of sp³-hybridized carbons (Fsp3) is 0.348. The Hall–Kier alpha value is -2.64. The highest BCUT2D eigenvalue weighted by Crippen LogP contribution is 2.19. The standard InChI is InChI=1S/C23H29N3O3S/c1-17(2)22-18(3)25(4)26(23(22)27)20-12-14-21(15-13-20)30(28,29)24-16-8-11-19-9-6-5-7-10-19/h5-7,9-10,12-15,17,24H,8,11,16H2,1-4H3. The SMILES string of the molecule is Cc1c(C(C)C)c(=O)n(-c2ccc(S(=O)(=O)NCCCc3ccccc3)cc2)n1C. The Morgan fingerprint density at radius 3 is 2.20 bits per heavy atom. The van der Waals surface area contributed by atoms with E-state index in [4.69, 9.17) is 0 Å². The van der Waals surface area contributed by atoms with E-state index in [9.17, 15) is 13.2 Å². The van der Waals surface area contributed by atoms with E-state index < -0.39 is 10.0 Å². The lowest BCUT2D eigenvalue weighted by atomic mass is 10.0. The zero-order chi connectivity index (χ0) is 21.9. The Kier molecular flexibility index (Phi) is 6.63. The van der Waals surface area contributed by atoms with Crippen molar-refractivity contribution in [1.82, 2.24) is 14.1 Å². The number of nitrogens with one attached hydrogen (secondary N) is 1. The van der Waals surface area contributed by atoms with E-state index >= 15 is 0 Å². The van der Waals surface area contributed by atoms with E-state index in [0.717, 1.165) is 24.1 Å². The largest absolute Gasteiger partial charge is 0.285 e. The fourth-order valence-corrected chi connectivity index (χ4v) is 4.75. The maximum atomic E-state index is 12.8. The van der Waals surface area contributed by atoms with Crippen molar-refractivity contribution in [3.05, 3.63) is 81.8 Å². The molecular formula is C23H29N3O3S. The van der Waals surface area contributed by atoms with Crippen LogP contribution in [-0.4, -0.2) is 24.3 Å². The predicted octanol–water partition coefficient (Wildman–Crippen LogP) is 3.52. The quantitative estimate of drug-likeness (QED) is 0.559. The molecule has 0 amide bonds. The van der Waals surface area contributed by atoms with Crippen molar-refractivity contribution in [3.8, 4) is 5.69 Å². The number of benzene rings is 2. The van der Waals surface area contributed by atoms with Crippen LogP contribution in [0.15, 0.2) is 64.3 Å². The average Bonchev–Trinajstić information content (AvgIpc) is 2.95. The van der Waals surface area contributed by atoms with Crippen LogP contribution in [0.1, 0.15) is 43.0 Å². The van der Waals surface area contributed by atoms with E-state index in [1.165, 1.54) is 5.56 Å². The van der Waals surface area contributed by atoms with Crippen molar-refractivity contribution < 1.29 is 8.42 Å². The molecule has 0 atom stereocenters. The van der Waals surface area contributed by atoms with Crippen molar-refractivity contribution >= 4 is 10.0 Å². The Bertz CT molecular complexity index is 1160. The van der Waals surface area contributed by atoms with Crippen LogP contribution in [-0.2, 0) is 23.5 Å². The summed E-state index contributed by atoms with van der Waals surface area (Å²) < 4.78 is 31.2. The van der Waals surface area contributed by atoms with Gasteiger partial charge in [-0.15, -0.1) is 0 Å². The summed E-state index contributed by atoms with van der Waals surface area (Å²) in [6.45, 7) is 6.28. The molecule has 3 rings (SSSR count). The number of hydrogen-bond acceptors (Lipinski definition) is 3. The first-order valence-electron chi connectivity index (χ1n) is 10.1. The second-order valence-electron chi connectivity index (χ2n) is 7.78. The molecule has 0 saturated heterocycles. The van der Waals surface area contributed by atoms with Gasteiger partial charge in [-0.05, 0) is 55.5 Å². The first kappa shape index (κ1) is 22.1. The van der Waals surface area contributed by atoms with Crippen LogP contribution in [0.2, 0.25) is 0 Å². The van der Waals surface area contributed by atoms with Gasteiger partial charge < -0.3 is 0 Å². The molecule has 0 fully saturated rings. The summed E-state index contributed by atoms with van der Waals surface area (Å²) in [7, 11) is -1.76. The highest BCUT2D eigenvalue weighted by Gasteiger charge is 2.19. The summed E-state index contributed by atoms with van der Waals surface area (Å²) in [6, 6.07) is 16.4. The van der Waals surface area contributed by atoms with Crippen molar-refractivity contribution in [3.63, 3.8) is 0 Å². The van der Waals surface area contributed by atoms with Crippen LogP contribution in [0.3, 0.4) is 0 Å². The van der Waals surface area contributed by atoms with Crippen LogP contribution >= 0.6 is 0 Å². The van der Waals surface area contributed by atoms with Crippen LogP contribution < -0.4 is 10.3 Å². The smallest absolute Gasteiger partial charge is 0.275 e. The summed E-state index contributed by atoms with van der Waals surface area (Å²) >= 11 is 0. The molecule has 0 radical (unpaired) electrons. The average molecular weight is 428 g/mol. The number of sulfonamides is 1. The summed E-state index contributed by atoms with van der Waals surface area (Å²) in [4.78, 5) is 13.0. The van der Waals surface area contributed by atoms with Crippen LogP contribution in [0.5, 0.6) is 0 Å². The Labute approximate surface area is 178 Å². The predicted molar refractivity (Wildman–Crippen MR) is 120 cm³/mol. The van der Waals surface area contributed by atoms with Crippen molar-refractivity contribution in [2.75, 3.05) is 6.54 Å². The topological polar surface area (TPSA) is 73.1 Å². The molecule has 0 spiro atoms. The molecule has 1 aromatic heterocycles. The second-order valence-corrected chi connectivity index (χ2v) is 9.54. The summed E-state index contributed by atoms with van der Waals surface area (Å²) in [5.74, 6) is 0.115. The Morgan fingerprint density at radius 2 is 1.63 bits per heavy atom. The minimum Gasteiger partial charge on any atom is -0.285 e. The summed E-state index contributed by atoms with van der Waals surface area (Å²) in [5, 5.41) is 0. The van der Waals surface area contributed by atoms with Gasteiger partial charge >= 0.3 is 0 Å². The molecule has 2 aromatic carbocycles. The first-order chi connectivity index (χ1) is 14.2. The normalized spacial score (nSPS) is 11.9. The summed E-state index contributed by atoms with van der Waals surface area (Å²) in [6.07, 6.45) is 1.54. The Morgan fingerprint density at radius 1 is 1.00 bits per heavy atom. The van der Waals surface area contributed by atoms with Gasteiger partial charge in [-0.2, -0.15) is 0 Å². The van der Waals surface area contributed by atoms with Gasteiger partial charge in [0.15, 0.2) is 0 Å². The molecule has 0 aliphatic rings. The molecule has 160 valence electrons. The monoisotopic (exact) mass is 427 g/mol. The van der Waals surface area contributed by atoms with Crippen LogP contribution in [0.25, 0.3) is 5.69 Å². The molecular weight excluding hydrogens is 398 g/mol. The lowest BCUT2D eigenvalue weighted by Gasteiger charge is -2.10. The summed E-state index contributed by atoms with van der Waals surface area (Å²) in [5.41, 5.74) is 3.44. The van der Waals surface area contributed by atoms with Crippen molar-refractivity contribution in [2.45, 2.75) is 44.4 Å². The molecule has 0 bridgehead atoms. The van der Waals surface area contributed by atoms with E-state index in [-0.39, 0.29) is 16.4 Å². The van der Waals surface area contributed by atoms with Gasteiger partial charge in [0.1, 0.15) is 0 Å².